The van der Waals surface area contributed by atoms with E-state index in [0.717, 1.165) is 11.8 Å². The third kappa shape index (κ3) is 9.08. The van der Waals surface area contributed by atoms with Gasteiger partial charge in [-0.3, -0.25) is 0 Å². The van der Waals surface area contributed by atoms with Crippen molar-refractivity contribution in [2.24, 2.45) is 11.8 Å². The van der Waals surface area contributed by atoms with E-state index in [1.165, 1.54) is 36.3 Å². The zero-order valence-electron chi connectivity index (χ0n) is 11.5. The van der Waals surface area contributed by atoms with Crippen LogP contribution in [0.5, 0.6) is 0 Å². The van der Waals surface area contributed by atoms with E-state index in [1.54, 1.807) is 0 Å². The first-order valence-electron chi connectivity index (χ1n) is 6.43. The molecular formula is C15H28S. The van der Waals surface area contributed by atoms with Gasteiger partial charge < -0.3 is 0 Å². The van der Waals surface area contributed by atoms with Gasteiger partial charge in [0, 0.05) is 0 Å². The molecule has 0 saturated carbocycles. The average molecular weight is 240 g/mol. The van der Waals surface area contributed by atoms with Crippen molar-refractivity contribution < 1.29 is 0 Å². The van der Waals surface area contributed by atoms with Crippen molar-refractivity contribution in [2.75, 3.05) is 11.5 Å². The Morgan fingerprint density at radius 3 is 2.56 bits per heavy atom. The highest BCUT2D eigenvalue weighted by Crippen LogP contribution is 2.19. The molecule has 0 bridgehead atoms. The van der Waals surface area contributed by atoms with Crippen LogP contribution in [0.3, 0.4) is 0 Å². The zero-order chi connectivity index (χ0) is 12.4. The van der Waals surface area contributed by atoms with Gasteiger partial charge in [0.15, 0.2) is 0 Å². The molecule has 1 heteroatoms. The highest BCUT2D eigenvalue weighted by atomic mass is 32.2. The highest BCUT2D eigenvalue weighted by molar-refractivity contribution is 7.99. The maximum absolute atomic E-state index is 3.82. The Bertz CT molecular complexity index is 201. The van der Waals surface area contributed by atoms with Crippen molar-refractivity contribution in [3.63, 3.8) is 0 Å². The Balaban J connectivity index is 3.58. The number of allylic oxidation sites excluding steroid dienone is 3. The fourth-order valence-electron chi connectivity index (χ4n) is 1.86. The quantitative estimate of drug-likeness (QED) is 0.388. The van der Waals surface area contributed by atoms with Gasteiger partial charge in [-0.1, -0.05) is 38.0 Å². The molecule has 0 amide bonds. The molecule has 16 heavy (non-hydrogen) atoms. The average Bonchev–Trinajstić information content (AvgIpc) is 2.21. The number of thioether (sulfide) groups is 1. The second-order valence-electron chi connectivity index (χ2n) is 4.88. The Kier molecular flexibility index (Phi) is 9.91. The number of hydrogen-bond donors (Lipinski definition) is 0. The molecule has 0 aromatic heterocycles. The predicted octanol–water partition coefficient (Wildman–Crippen LogP) is 5.31. The largest absolute Gasteiger partial charge is 0.161 e. The summed E-state index contributed by atoms with van der Waals surface area (Å²) < 4.78 is 0. The minimum Gasteiger partial charge on any atom is -0.161 e. The lowest BCUT2D eigenvalue weighted by molar-refractivity contribution is 0.504. The molecule has 0 aliphatic heterocycles. The van der Waals surface area contributed by atoms with Crippen molar-refractivity contribution in [2.45, 2.75) is 47.0 Å². The Morgan fingerprint density at radius 2 is 2.06 bits per heavy atom. The third-order valence-electron chi connectivity index (χ3n) is 2.75. The summed E-state index contributed by atoms with van der Waals surface area (Å²) in [5.41, 5.74) is 1.44. The summed E-state index contributed by atoms with van der Waals surface area (Å²) in [5, 5.41) is 0. The second-order valence-corrected chi connectivity index (χ2v) is 6.03. The summed E-state index contributed by atoms with van der Waals surface area (Å²) in [7, 11) is 0. The fourth-order valence-corrected chi connectivity index (χ4v) is 3.00. The van der Waals surface area contributed by atoms with Crippen LogP contribution >= 0.6 is 11.8 Å². The first kappa shape index (κ1) is 15.8. The Labute approximate surface area is 107 Å². The summed E-state index contributed by atoms with van der Waals surface area (Å²) in [5.74, 6) is 4.13. The van der Waals surface area contributed by atoms with Crippen molar-refractivity contribution in [3.8, 4) is 0 Å². The highest BCUT2D eigenvalue weighted by Gasteiger charge is 2.04. The molecule has 0 saturated heterocycles. The summed E-state index contributed by atoms with van der Waals surface area (Å²) in [6.45, 7) is 12.8. The van der Waals surface area contributed by atoms with E-state index in [4.69, 9.17) is 0 Å². The van der Waals surface area contributed by atoms with E-state index < -0.39 is 0 Å². The molecule has 0 nitrogen and oxygen atoms in total. The fraction of sp³-hybridized carbons (Fsp3) is 0.733. The van der Waals surface area contributed by atoms with Crippen LogP contribution in [0.4, 0.5) is 0 Å². The lowest BCUT2D eigenvalue weighted by atomic mass is 10.00. The molecule has 0 spiro atoms. The molecule has 0 N–H and O–H groups in total. The predicted molar refractivity (Wildman–Crippen MR) is 79.1 cm³/mol. The third-order valence-corrected chi connectivity index (χ3v) is 4.03. The summed E-state index contributed by atoms with van der Waals surface area (Å²) in [6, 6.07) is 0. The molecule has 0 aliphatic rings. The molecule has 2 atom stereocenters. The Hall–Kier alpha value is -0.170. The normalized spacial score (nSPS) is 14.2. The minimum absolute atomic E-state index is 0.717. The molecule has 2 unspecified atom stereocenters. The van der Waals surface area contributed by atoms with E-state index in [9.17, 15) is 0 Å². The van der Waals surface area contributed by atoms with Crippen molar-refractivity contribution in [1.82, 2.24) is 0 Å². The lowest BCUT2D eigenvalue weighted by Crippen LogP contribution is -2.01. The van der Waals surface area contributed by atoms with Gasteiger partial charge in [-0.2, -0.15) is 11.8 Å². The van der Waals surface area contributed by atoms with Crippen LogP contribution in [-0.4, -0.2) is 11.5 Å². The van der Waals surface area contributed by atoms with Gasteiger partial charge in [0.1, 0.15) is 0 Å². The van der Waals surface area contributed by atoms with Crippen molar-refractivity contribution in [3.05, 3.63) is 24.3 Å². The van der Waals surface area contributed by atoms with Gasteiger partial charge in [-0.25, -0.2) is 0 Å². The van der Waals surface area contributed by atoms with Crippen LogP contribution in [0.1, 0.15) is 47.0 Å². The molecule has 0 aliphatic carbocycles. The van der Waals surface area contributed by atoms with Crippen LogP contribution in [-0.2, 0) is 0 Å². The van der Waals surface area contributed by atoms with Crippen LogP contribution in [0.15, 0.2) is 24.3 Å². The van der Waals surface area contributed by atoms with Crippen molar-refractivity contribution >= 4 is 11.8 Å². The standard InChI is InChI=1S/C15H28S/c1-6-8-15(7-2)9-10-16-12-14(5)11-13(3)4/h6,11,14-15H,1,7-10,12H2,2-5H3. The van der Waals surface area contributed by atoms with Gasteiger partial charge in [0.25, 0.3) is 0 Å². The maximum atomic E-state index is 3.82. The lowest BCUT2D eigenvalue weighted by Gasteiger charge is -2.12. The molecule has 0 radical (unpaired) electrons. The smallest absolute Gasteiger partial charge is 0.000702 e. The molecular weight excluding hydrogens is 212 g/mol. The van der Waals surface area contributed by atoms with E-state index in [-0.39, 0.29) is 0 Å². The van der Waals surface area contributed by atoms with Gasteiger partial charge in [0.2, 0.25) is 0 Å². The zero-order valence-corrected chi connectivity index (χ0v) is 12.3. The van der Waals surface area contributed by atoms with Gasteiger partial charge in [0.05, 0.1) is 0 Å². The van der Waals surface area contributed by atoms with Gasteiger partial charge >= 0.3 is 0 Å². The molecule has 0 heterocycles. The van der Waals surface area contributed by atoms with Crippen molar-refractivity contribution in [1.29, 1.82) is 0 Å². The first-order valence-corrected chi connectivity index (χ1v) is 7.59. The van der Waals surface area contributed by atoms with E-state index in [2.05, 4.69) is 58.2 Å². The van der Waals surface area contributed by atoms with Crippen LogP contribution in [0.25, 0.3) is 0 Å². The van der Waals surface area contributed by atoms with Crippen LogP contribution in [0.2, 0.25) is 0 Å². The van der Waals surface area contributed by atoms with Crippen LogP contribution < -0.4 is 0 Å². The SMILES string of the molecule is C=CCC(CC)CCSCC(C)C=C(C)C. The number of hydrogen-bond acceptors (Lipinski definition) is 1. The Morgan fingerprint density at radius 1 is 1.38 bits per heavy atom. The van der Waals surface area contributed by atoms with Gasteiger partial charge in [-0.05, 0) is 50.0 Å². The van der Waals surface area contributed by atoms with E-state index >= 15 is 0 Å². The monoisotopic (exact) mass is 240 g/mol. The number of rotatable bonds is 9. The maximum Gasteiger partial charge on any atom is -0.000702 e. The van der Waals surface area contributed by atoms with E-state index in [1.807, 2.05) is 0 Å². The van der Waals surface area contributed by atoms with Gasteiger partial charge in [-0.15, -0.1) is 6.58 Å². The minimum atomic E-state index is 0.717. The summed E-state index contributed by atoms with van der Waals surface area (Å²) in [4.78, 5) is 0. The molecule has 94 valence electrons. The molecule has 0 fully saturated rings. The van der Waals surface area contributed by atoms with E-state index in [0.29, 0.717) is 0 Å². The molecule has 0 aromatic rings. The molecule has 0 aromatic carbocycles. The van der Waals surface area contributed by atoms with Crippen LogP contribution in [0, 0.1) is 11.8 Å². The summed E-state index contributed by atoms with van der Waals surface area (Å²) in [6.07, 6.45) is 8.24. The summed E-state index contributed by atoms with van der Waals surface area (Å²) >= 11 is 2.09. The second kappa shape index (κ2) is 10.0. The topological polar surface area (TPSA) is 0 Å². The molecule has 0 rings (SSSR count). The first-order chi connectivity index (χ1) is 7.60.